The Morgan fingerprint density at radius 3 is 2.36 bits per heavy atom. The Kier molecular flexibility index (Phi) is 9.38. The molecule has 1 fully saturated rings. The topological polar surface area (TPSA) is 53.3 Å². The molecule has 0 heterocycles. The normalized spacial score (nSPS) is 14.4. The van der Waals surface area contributed by atoms with Crippen molar-refractivity contribution in [3.63, 3.8) is 0 Å². The fourth-order valence-corrected chi connectivity index (χ4v) is 5.00. The summed E-state index contributed by atoms with van der Waals surface area (Å²) < 4.78 is 32.8. The van der Waals surface area contributed by atoms with Crippen molar-refractivity contribution in [1.29, 1.82) is 5.26 Å². The van der Waals surface area contributed by atoms with Crippen molar-refractivity contribution in [2.24, 2.45) is 5.41 Å². The maximum Gasteiger partial charge on any atom is 0.243 e. The molecule has 3 aromatic rings. The van der Waals surface area contributed by atoms with Gasteiger partial charge < -0.3 is 9.64 Å². The van der Waals surface area contributed by atoms with Crippen LogP contribution in [0, 0.1) is 28.4 Å². The third-order valence-electron chi connectivity index (χ3n) is 6.78. The summed E-state index contributed by atoms with van der Waals surface area (Å²) in [5.41, 5.74) is 1.36. The Hall–Kier alpha value is -2.85. The van der Waals surface area contributed by atoms with Gasteiger partial charge in [0.05, 0.1) is 22.7 Å². The largest absolute Gasteiger partial charge is 0.489 e. The van der Waals surface area contributed by atoms with E-state index >= 15 is 0 Å². The molecule has 1 saturated carbocycles. The highest BCUT2D eigenvalue weighted by atomic mass is 35.5. The van der Waals surface area contributed by atoms with Crippen molar-refractivity contribution in [2.75, 3.05) is 6.61 Å². The summed E-state index contributed by atoms with van der Waals surface area (Å²) in [7, 11) is 0. The van der Waals surface area contributed by atoms with Crippen LogP contribution in [0.2, 0.25) is 15.1 Å². The Morgan fingerprint density at radius 2 is 1.69 bits per heavy atom. The van der Waals surface area contributed by atoms with Crippen LogP contribution in [0.3, 0.4) is 0 Å². The van der Waals surface area contributed by atoms with Gasteiger partial charge in [0.2, 0.25) is 5.91 Å². The van der Waals surface area contributed by atoms with E-state index in [2.05, 4.69) is 6.07 Å². The van der Waals surface area contributed by atoms with Crippen LogP contribution in [-0.2, 0) is 24.2 Å². The molecule has 1 unspecified atom stereocenters. The summed E-state index contributed by atoms with van der Waals surface area (Å²) in [6.07, 6.45) is 3.24. The van der Waals surface area contributed by atoms with Gasteiger partial charge in [0, 0.05) is 12.6 Å². The van der Waals surface area contributed by atoms with E-state index in [1.807, 2.05) is 30.3 Å². The van der Waals surface area contributed by atoms with E-state index in [1.54, 1.807) is 24.0 Å². The predicted molar refractivity (Wildman–Crippen MR) is 149 cm³/mol. The number of hydrogen-bond donors (Lipinski definition) is 0. The highest BCUT2D eigenvalue weighted by Crippen LogP contribution is 2.36. The Morgan fingerprint density at radius 1 is 1.03 bits per heavy atom. The van der Waals surface area contributed by atoms with Gasteiger partial charge in [0.25, 0.3) is 0 Å². The lowest BCUT2D eigenvalue weighted by atomic mass is 9.83. The zero-order valence-corrected chi connectivity index (χ0v) is 23.6. The lowest BCUT2D eigenvalue weighted by Gasteiger charge is -2.31. The van der Waals surface area contributed by atoms with E-state index in [0.29, 0.717) is 29.4 Å². The number of nitrogens with zero attached hydrogens (tertiary/aromatic N) is 2. The number of amides is 1. The second kappa shape index (κ2) is 12.6. The maximum absolute atomic E-state index is 13.8. The van der Waals surface area contributed by atoms with E-state index in [9.17, 15) is 18.8 Å². The van der Waals surface area contributed by atoms with Gasteiger partial charge in [0.15, 0.2) is 11.6 Å². The van der Waals surface area contributed by atoms with Crippen LogP contribution in [0.25, 0.3) is 0 Å². The van der Waals surface area contributed by atoms with Gasteiger partial charge in [0.1, 0.15) is 16.3 Å². The van der Waals surface area contributed by atoms with Crippen molar-refractivity contribution in [3.8, 4) is 11.8 Å². The number of benzene rings is 3. The lowest BCUT2D eigenvalue weighted by molar-refractivity contribution is -0.139. The van der Waals surface area contributed by atoms with Crippen LogP contribution in [-0.4, -0.2) is 23.5 Å². The molecule has 1 amide bonds. The van der Waals surface area contributed by atoms with Crippen LogP contribution in [0.5, 0.6) is 5.75 Å². The first kappa shape index (κ1) is 29.1. The summed E-state index contributed by atoms with van der Waals surface area (Å²) in [6.45, 7) is 2.13. The monoisotopic (exact) mass is 590 g/mol. The molecule has 0 radical (unpaired) electrons. The zero-order chi connectivity index (χ0) is 28.2. The molecule has 1 aliphatic rings. The van der Waals surface area contributed by atoms with E-state index in [4.69, 9.17) is 39.5 Å². The summed E-state index contributed by atoms with van der Waals surface area (Å²) in [6, 6.07) is 17.3. The molecule has 4 rings (SSSR count). The van der Waals surface area contributed by atoms with Crippen molar-refractivity contribution in [3.05, 3.63) is 98.0 Å². The van der Waals surface area contributed by atoms with Crippen molar-refractivity contribution in [2.45, 2.75) is 51.6 Å². The average molecular weight is 592 g/mol. The lowest BCUT2D eigenvalue weighted by Crippen LogP contribution is -2.43. The number of aryl methyl sites for hydroxylation is 1. The standard InChI is InChI=1S/C30H27Cl3F2N2O2/c1-30(18-36,29(38)37(22-11-12-22)17-21-5-2-6-23(31)26(21)32)16-20-9-7-19(8-10-20)4-3-15-39-28-25(35)14-13-24(34)27(28)33/h2,5-10,13-14,22H,3-4,11-12,15-17H2,1H3. The van der Waals surface area contributed by atoms with Crippen LogP contribution in [0.15, 0.2) is 54.6 Å². The molecule has 0 saturated heterocycles. The molecule has 0 bridgehead atoms. The highest BCUT2D eigenvalue weighted by molar-refractivity contribution is 6.42. The van der Waals surface area contributed by atoms with Crippen molar-refractivity contribution in [1.82, 2.24) is 4.90 Å². The number of nitriles is 1. The molecule has 0 N–H and O–H groups in total. The minimum Gasteiger partial charge on any atom is -0.489 e. The van der Waals surface area contributed by atoms with Gasteiger partial charge in [-0.3, -0.25) is 4.79 Å². The predicted octanol–water partition coefficient (Wildman–Crippen LogP) is 8.20. The number of ether oxygens (including phenoxy) is 1. The highest BCUT2D eigenvalue weighted by Gasteiger charge is 2.43. The second-order valence-corrected chi connectivity index (χ2v) is 11.1. The third-order valence-corrected chi connectivity index (χ3v) is 7.99. The minimum absolute atomic E-state index is 0.0838. The first-order valence-corrected chi connectivity index (χ1v) is 13.8. The maximum atomic E-state index is 13.8. The fraction of sp³-hybridized carbons (Fsp3) is 0.333. The molecule has 204 valence electrons. The Labute approximate surface area is 242 Å². The van der Waals surface area contributed by atoms with Gasteiger partial charge in [-0.2, -0.15) is 5.26 Å². The van der Waals surface area contributed by atoms with E-state index in [0.717, 1.165) is 41.7 Å². The summed E-state index contributed by atoms with van der Waals surface area (Å²) in [5, 5.41) is 10.5. The van der Waals surface area contributed by atoms with E-state index in [1.165, 1.54) is 0 Å². The van der Waals surface area contributed by atoms with E-state index in [-0.39, 0.29) is 35.7 Å². The number of hydrogen-bond acceptors (Lipinski definition) is 3. The molecule has 3 aromatic carbocycles. The van der Waals surface area contributed by atoms with Crippen molar-refractivity contribution >= 4 is 40.7 Å². The van der Waals surface area contributed by atoms with Crippen molar-refractivity contribution < 1.29 is 18.3 Å². The molecule has 0 spiro atoms. The third kappa shape index (κ3) is 7.03. The molecule has 0 aliphatic heterocycles. The molecular formula is C30H27Cl3F2N2O2. The molecule has 0 aromatic heterocycles. The van der Waals surface area contributed by atoms with Crippen LogP contribution >= 0.6 is 34.8 Å². The van der Waals surface area contributed by atoms with Gasteiger partial charge in [-0.1, -0.05) is 71.2 Å². The molecular weight excluding hydrogens is 565 g/mol. The molecule has 39 heavy (non-hydrogen) atoms. The van der Waals surface area contributed by atoms with E-state index < -0.39 is 17.0 Å². The van der Waals surface area contributed by atoms with Gasteiger partial charge in [-0.25, -0.2) is 8.78 Å². The smallest absolute Gasteiger partial charge is 0.243 e. The zero-order valence-electron chi connectivity index (χ0n) is 21.3. The van der Waals surface area contributed by atoms with Crippen LogP contribution in [0.4, 0.5) is 8.78 Å². The van der Waals surface area contributed by atoms with Gasteiger partial charge in [-0.05, 0) is 73.9 Å². The molecule has 9 heteroatoms. The SMILES string of the molecule is CC(C#N)(Cc1ccc(CCCOc2c(F)ccc(F)c2Cl)cc1)C(=O)N(Cc1cccc(Cl)c1Cl)C1CC1. The fourth-order valence-electron chi connectivity index (χ4n) is 4.41. The van der Waals surface area contributed by atoms with Crippen LogP contribution in [0.1, 0.15) is 42.9 Å². The average Bonchev–Trinajstić information content (AvgIpc) is 3.77. The number of carbonyl (C=O) groups excluding carboxylic acids is 1. The van der Waals surface area contributed by atoms with Crippen LogP contribution < -0.4 is 4.74 Å². The Balaban J connectivity index is 1.36. The van der Waals surface area contributed by atoms with Gasteiger partial charge in [-0.15, -0.1) is 0 Å². The molecule has 1 atom stereocenters. The number of carbonyl (C=O) groups is 1. The summed E-state index contributed by atoms with van der Waals surface area (Å²) in [5.74, 6) is -1.96. The number of rotatable bonds is 11. The quantitative estimate of drug-likeness (QED) is 0.167. The van der Waals surface area contributed by atoms with Gasteiger partial charge >= 0.3 is 0 Å². The first-order chi connectivity index (χ1) is 18.6. The molecule has 1 aliphatic carbocycles. The summed E-state index contributed by atoms with van der Waals surface area (Å²) in [4.78, 5) is 15.4. The first-order valence-electron chi connectivity index (χ1n) is 12.6. The number of halogens is 5. The second-order valence-electron chi connectivity index (χ2n) is 9.94. The Bertz CT molecular complexity index is 1390. The minimum atomic E-state index is -1.25. The molecule has 4 nitrogen and oxygen atoms in total. The summed E-state index contributed by atoms with van der Waals surface area (Å²) >= 11 is 18.3.